The number of thiophene rings is 1. The molecule has 2 amide bonds. The fraction of sp³-hybridized carbons (Fsp3) is 0.467. The van der Waals surface area contributed by atoms with E-state index >= 15 is 0 Å². The van der Waals surface area contributed by atoms with E-state index in [1.165, 1.54) is 11.3 Å². The van der Waals surface area contributed by atoms with Crippen LogP contribution in [0.3, 0.4) is 0 Å². The van der Waals surface area contributed by atoms with Crippen LogP contribution in [0.15, 0.2) is 22.0 Å². The first kappa shape index (κ1) is 17.1. The monoisotopic (exact) mass is 336 g/mol. The average molecular weight is 336 g/mol. The summed E-state index contributed by atoms with van der Waals surface area (Å²) in [7, 11) is 0. The number of aryl methyl sites for hydroxylation is 1. The highest BCUT2D eigenvalue weighted by molar-refractivity contribution is 7.13. The van der Waals surface area contributed by atoms with Crippen LogP contribution in [-0.2, 0) is 16.0 Å². The van der Waals surface area contributed by atoms with E-state index in [4.69, 9.17) is 4.52 Å². The van der Waals surface area contributed by atoms with Crippen molar-refractivity contribution in [3.63, 3.8) is 0 Å². The zero-order chi connectivity index (χ0) is 16.7. The Morgan fingerprint density at radius 2 is 2.09 bits per heavy atom. The lowest BCUT2D eigenvalue weighted by Crippen LogP contribution is -2.36. The molecule has 0 bridgehead atoms. The van der Waals surface area contributed by atoms with Crippen molar-refractivity contribution in [2.75, 3.05) is 13.1 Å². The molecule has 0 aliphatic carbocycles. The molecule has 0 aliphatic heterocycles. The summed E-state index contributed by atoms with van der Waals surface area (Å²) in [5.74, 6) is 0.801. The molecule has 7 nitrogen and oxygen atoms in total. The molecule has 0 unspecified atom stereocenters. The maximum absolute atomic E-state index is 11.7. The number of carbonyl (C=O) groups is 2. The summed E-state index contributed by atoms with van der Waals surface area (Å²) in [5, 5.41) is 11.3. The Kier molecular flexibility index (Phi) is 6.28. The summed E-state index contributed by atoms with van der Waals surface area (Å²) in [6.45, 7) is 4.47. The minimum Gasteiger partial charge on any atom is -0.354 e. The van der Waals surface area contributed by atoms with Crippen LogP contribution >= 0.6 is 11.3 Å². The fourth-order valence-electron chi connectivity index (χ4n) is 1.76. The fourth-order valence-corrected chi connectivity index (χ4v) is 2.41. The molecule has 0 saturated carbocycles. The lowest BCUT2D eigenvalue weighted by molar-refractivity contribution is -0.124. The molecule has 2 rings (SSSR count). The number of hydrogen-bond donors (Lipinski definition) is 2. The summed E-state index contributed by atoms with van der Waals surface area (Å²) in [4.78, 5) is 28.3. The second kappa shape index (κ2) is 8.42. The zero-order valence-corrected chi connectivity index (χ0v) is 14.0. The number of aromatic nitrogens is 2. The number of amides is 2. The van der Waals surface area contributed by atoms with Crippen LogP contribution in [0.25, 0.3) is 10.7 Å². The van der Waals surface area contributed by atoms with Crippen LogP contribution in [0.4, 0.5) is 0 Å². The highest BCUT2D eigenvalue weighted by Gasteiger charge is 2.11. The average Bonchev–Trinajstić information content (AvgIpc) is 3.19. The normalized spacial score (nSPS) is 10.7. The van der Waals surface area contributed by atoms with E-state index in [0.717, 1.165) is 4.88 Å². The minimum absolute atomic E-state index is 0.0220. The van der Waals surface area contributed by atoms with Crippen LogP contribution in [0.1, 0.15) is 26.2 Å². The summed E-state index contributed by atoms with van der Waals surface area (Å²) < 4.78 is 5.13. The van der Waals surface area contributed by atoms with Crippen LogP contribution in [-0.4, -0.2) is 35.0 Å². The van der Waals surface area contributed by atoms with Crippen LogP contribution in [0.2, 0.25) is 0 Å². The Labute approximate surface area is 138 Å². The minimum atomic E-state index is -0.111. The third-order valence-corrected chi connectivity index (χ3v) is 3.91. The summed E-state index contributed by atoms with van der Waals surface area (Å²) in [6, 6.07) is 3.83. The van der Waals surface area contributed by atoms with Crippen molar-refractivity contribution in [2.45, 2.75) is 26.7 Å². The number of nitrogens with zero attached hydrogens (tertiary/aromatic N) is 2. The molecule has 0 atom stereocenters. The lowest BCUT2D eigenvalue weighted by atomic mass is 10.2. The molecular formula is C15H20N4O3S. The van der Waals surface area contributed by atoms with E-state index in [9.17, 15) is 9.59 Å². The second-order valence-electron chi connectivity index (χ2n) is 5.28. The maximum atomic E-state index is 11.7. The summed E-state index contributed by atoms with van der Waals surface area (Å²) in [5.41, 5.74) is 0. The second-order valence-corrected chi connectivity index (χ2v) is 6.23. The first-order chi connectivity index (χ1) is 11.1. The van der Waals surface area contributed by atoms with Crippen molar-refractivity contribution in [1.82, 2.24) is 20.8 Å². The van der Waals surface area contributed by atoms with Crippen molar-refractivity contribution < 1.29 is 14.1 Å². The van der Waals surface area contributed by atoms with Gasteiger partial charge in [0.2, 0.25) is 23.5 Å². The highest BCUT2D eigenvalue weighted by Crippen LogP contribution is 2.21. The highest BCUT2D eigenvalue weighted by atomic mass is 32.1. The van der Waals surface area contributed by atoms with E-state index in [0.29, 0.717) is 31.2 Å². The van der Waals surface area contributed by atoms with Gasteiger partial charge in [-0.25, -0.2) is 0 Å². The molecule has 0 radical (unpaired) electrons. The molecule has 0 aliphatic rings. The summed E-state index contributed by atoms with van der Waals surface area (Å²) >= 11 is 1.53. The molecule has 2 aromatic rings. The van der Waals surface area contributed by atoms with E-state index < -0.39 is 0 Å². The molecule has 124 valence electrons. The van der Waals surface area contributed by atoms with E-state index in [1.807, 2.05) is 31.4 Å². The molecule has 2 N–H and O–H groups in total. The van der Waals surface area contributed by atoms with Crippen LogP contribution < -0.4 is 10.6 Å². The third-order valence-electron chi connectivity index (χ3n) is 3.05. The zero-order valence-electron chi connectivity index (χ0n) is 13.2. The molecular weight excluding hydrogens is 316 g/mol. The molecule has 2 heterocycles. The van der Waals surface area contributed by atoms with Crippen LogP contribution in [0, 0.1) is 5.92 Å². The molecule has 0 aromatic carbocycles. The number of nitrogens with one attached hydrogen (secondary N) is 2. The maximum Gasteiger partial charge on any atom is 0.227 e. The number of hydrogen-bond acceptors (Lipinski definition) is 6. The van der Waals surface area contributed by atoms with Crippen LogP contribution in [0.5, 0.6) is 0 Å². The predicted molar refractivity (Wildman–Crippen MR) is 86.8 cm³/mol. The van der Waals surface area contributed by atoms with Crippen molar-refractivity contribution in [3.05, 3.63) is 23.4 Å². The quantitative estimate of drug-likeness (QED) is 0.714. The number of rotatable bonds is 8. The van der Waals surface area contributed by atoms with Gasteiger partial charge in [-0.15, -0.1) is 11.3 Å². The van der Waals surface area contributed by atoms with E-state index in [-0.39, 0.29) is 24.2 Å². The van der Waals surface area contributed by atoms with Crippen molar-refractivity contribution >= 4 is 23.2 Å². The van der Waals surface area contributed by atoms with Gasteiger partial charge in [-0.1, -0.05) is 25.1 Å². The smallest absolute Gasteiger partial charge is 0.227 e. The predicted octanol–water partition coefficient (Wildman–Crippen LogP) is 1.62. The molecule has 23 heavy (non-hydrogen) atoms. The number of carbonyl (C=O) groups excluding carboxylic acids is 2. The first-order valence-corrected chi connectivity index (χ1v) is 8.35. The van der Waals surface area contributed by atoms with Crippen molar-refractivity contribution in [3.8, 4) is 10.7 Å². The molecule has 0 fully saturated rings. The largest absolute Gasteiger partial charge is 0.354 e. The van der Waals surface area contributed by atoms with Gasteiger partial charge in [0.15, 0.2) is 0 Å². The Morgan fingerprint density at radius 1 is 1.30 bits per heavy atom. The van der Waals surface area contributed by atoms with Crippen molar-refractivity contribution in [2.24, 2.45) is 5.92 Å². The lowest BCUT2D eigenvalue weighted by Gasteiger charge is -2.08. The Morgan fingerprint density at radius 3 is 2.78 bits per heavy atom. The van der Waals surface area contributed by atoms with Gasteiger partial charge in [0, 0.05) is 31.8 Å². The van der Waals surface area contributed by atoms with Gasteiger partial charge in [-0.3, -0.25) is 9.59 Å². The molecule has 0 spiro atoms. The molecule has 8 heteroatoms. The Hall–Kier alpha value is -2.22. The van der Waals surface area contributed by atoms with Gasteiger partial charge in [-0.2, -0.15) is 4.98 Å². The SMILES string of the molecule is CC(C)C(=O)NCCNC(=O)CCc1nc(-c2cccs2)no1. The van der Waals surface area contributed by atoms with E-state index in [2.05, 4.69) is 20.8 Å². The molecule has 2 aromatic heterocycles. The van der Waals surface area contributed by atoms with Gasteiger partial charge in [0.25, 0.3) is 0 Å². The Balaban J connectivity index is 1.66. The molecule has 0 saturated heterocycles. The van der Waals surface area contributed by atoms with Gasteiger partial charge >= 0.3 is 0 Å². The van der Waals surface area contributed by atoms with Gasteiger partial charge in [0.05, 0.1) is 4.88 Å². The standard InChI is InChI=1S/C15H20N4O3S/c1-10(2)15(21)17-8-7-16-12(20)5-6-13-18-14(19-22-13)11-4-3-9-23-11/h3-4,9-10H,5-8H2,1-2H3,(H,16,20)(H,17,21). The third kappa shape index (κ3) is 5.48. The summed E-state index contributed by atoms with van der Waals surface area (Å²) in [6.07, 6.45) is 0.659. The Bertz CT molecular complexity index is 637. The first-order valence-electron chi connectivity index (χ1n) is 7.47. The van der Waals surface area contributed by atoms with Gasteiger partial charge in [-0.05, 0) is 11.4 Å². The van der Waals surface area contributed by atoms with E-state index in [1.54, 1.807) is 0 Å². The van der Waals surface area contributed by atoms with Crippen molar-refractivity contribution in [1.29, 1.82) is 0 Å². The van der Waals surface area contributed by atoms with Gasteiger partial charge < -0.3 is 15.2 Å². The topological polar surface area (TPSA) is 97.1 Å². The van der Waals surface area contributed by atoms with Gasteiger partial charge in [0.1, 0.15) is 0 Å².